The molecule has 0 fully saturated rings. The molecule has 20 heavy (non-hydrogen) atoms. The summed E-state index contributed by atoms with van der Waals surface area (Å²) < 4.78 is 1.66. The van der Waals surface area contributed by atoms with Crippen LogP contribution in [0.5, 0.6) is 0 Å². The van der Waals surface area contributed by atoms with Crippen LogP contribution in [0, 0.1) is 0 Å². The molecule has 2 aromatic rings. The van der Waals surface area contributed by atoms with Crippen molar-refractivity contribution in [2.24, 2.45) is 7.05 Å². The highest BCUT2D eigenvalue weighted by atomic mass is 16.2. The van der Waals surface area contributed by atoms with Crippen LogP contribution in [0.25, 0.3) is 0 Å². The van der Waals surface area contributed by atoms with Gasteiger partial charge in [0.15, 0.2) is 5.82 Å². The van der Waals surface area contributed by atoms with Crippen LogP contribution >= 0.6 is 0 Å². The maximum absolute atomic E-state index is 12.1. The molecular weight excluding hydrogens is 254 g/mol. The van der Waals surface area contributed by atoms with Gasteiger partial charge >= 0.3 is 0 Å². The fourth-order valence-corrected chi connectivity index (χ4v) is 2.38. The lowest BCUT2D eigenvalue weighted by molar-refractivity contribution is -0.121. The number of nitrogens with zero attached hydrogens (tertiary/aromatic N) is 3. The molecule has 0 radical (unpaired) electrons. The first-order valence-corrected chi connectivity index (χ1v) is 6.69. The van der Waals surface area contributed by atoms with Crippen LogP contribution in [0.15, 0.2) is 30.6 Å². The predicted octanol–water partition coefficient (Wildman–Crippen LogP) is 0.511. The van der Waals surface area contributed by atoms with Crippen molar-refractivity contribution in [2.45, 2.75) is 18.9 Å². The van der Waals surface area contributed by atoms with Crippen molar-refractivity contribution in [3.63, 3.8) is 0 Å². The third kappa shape index (κ3) is 2.64. The van der Waals surface area contributed by atoms with E-state index in [2.05, 4.69) is 20.7 Å². The molecule has 1 aromatic heterocycles. The highest BCUT2D eigenvalue weighted by Gasteiger charge is 2.25. The maximum atomic E-state index is 12.1. The minimum Gasteiger partial charge on any atom is -0.373 e. The van der Waals surface area contributed by atoms with E-state index < -0.39 is 0 Å². The van der Waals surface area contributed by atoms with Crippen LogP contribution in [0.3, 0.4) is 0 Å². The van der Waals surface area contributed by atoms with Gasteiger partial charge in [-0.2, -0.15) is 5.10 Å². The van der Waals surface area contributed by atoms with Crippen LogP contribution in [0.2, 0.25) is 0 Å². The Morgan fingerprint density at radius 3 is 3.10 bits per heavy atom. The maximum Gasteiger partial charge on any atom is 0.242 e. The first-order valence-electron chi connectivity index (χ1n) is 6.69. The molecule has 104 valence electrons. The molecule has 1 aromatic carbocycles. The van der Waals surface area contributed by atoms with Gasteiger partial charge in [-0.15, -0.1) is 0 Å². The van der Waals surface area contributed by atoms with E-state index in [0.29, 0.717) is 13.0 Å². The zero-order valence-electron chi connectivity index (χ0n) is 11.3. The molecule has 1 unspecified atom stereocenters. The number of benzene rings is 1. The molecule has 3 rings (SSSR count). The predicted molar refractivity (Wildman–Crippen MR) is 75.3 cm³/mol. The summed E-state index contributed by atoms with van der Waals surface area (Å²) in [6.07, 6.45) is 3.04. The van der Waals surface area contributed by atoms with Crippen LogP contribution in [-0.4, -0.2) is 33.3 Å². The number of para-hydroxylation sites is 1. The van der Waals surface area contributed by atoms with Gasteiger partial charge in [-0.05, 0) is 11.6 Å². The third-order valence-electron chi connectivity index (χ3n) is 3.38. The smallest absolute Gasteiger partial charge is 0.242 e. The lowest BCUT2D eigenvalue weighted by Gasteiger charge is -2.11. The Kier molecular flexibility index (Phi) is 3.37. The summed E-state index contributed by atoms with van der Waals surface area (Å²) in [7, 11) is 1.83. The summed E-state index contributed by atoms with van der Waals surface area (Å²) >= 11 is 0. The van der Waals surface area contributed by atoms with Crippen LogP contribution in [0.1, 0.15) is 11.4 Å². The summed E-state index contributed by atoms with van der Waals surface area (Å²) in [5, 5.41) is 10.3. The second kappa shape index (κ2) is 5.32. The number of anilines is 1. The van der Waals surface area contributed by atoms with Gasteiger partial charge < -0.3 is 10.6 Å². The second-order valence-electron chi connectivity index (χ2n) is 4.93. The van der Waals surface area contributed by atoms with Gasteiger partial charge in [0.25, 0.3) is 0 Å². The van der Waals surface area contributed by atoms with E-state index in [4.69, 9.17) is 0 Å². The van der Waals surface area contributed by atoms with Crippen molar-refractivity contribution in [1.82, 2.24) is 20.1 Å². The summed E-state index contributed by atoms with van der Waals surface area (Å²) in [4.78, 5) is 16.2. The molecule has 6 heteroatoms. The number of aromatic nitrogens is 3. The zero-order chi connectivity index (χ0) is 13.9. The number of carbonyl (C=O) groups is 1. The minimum absolute atomic E-state index is 0.0251. The van der Waals surface area contributed by atoms with E-state index in [1.807, 2.05) is 31.3 Å². The monoisotopic (exact) mass is 271 g/mol. The minimum atomic E-state index is -0.177. The SMILES string of the molecule is Cn1cnc(CCNC(=O)C2Cc3ccccc3N2)n1. The van der Waals surface area contributed by atoms with Gasteiger partial charge in [0.05, 0.1) is 0 Å². The van der Waals surface area contributed by atoms with Crippen molar-refractivity contribution in [2.75, 3.05) is 11.9 Å². The molecule has 1 aliphatic rings. The number of hydrogen-bond donors (Lipinski definition) is 2. The number of nitrogens with one attached hydrogen (secondary N) is 2. The molecule has 2 N–H and O–H groups in total. The average molecular weight is 271 g/mol. The number of fused-ring (bicyclic) bond motifs is 1. The van der Waals surface area contributed by atoms with Crippen molar-refractivity contribution in [3.8, 4) is 0 Å². The molecule has 0 aliphatic carbocycles. The quantitative estimate of drug-likeness (QED) is 0.850. The van der Waals surface area contributed by atoms with Crippen molar-refractivity contribution in [1.29, 1.82) is 0 Å². The molecule has 1 amide bonds. The fourth-order valence-electron chi connectivity index (χ4n) is 2.38. The Hall–Kier alpha value is -2.37. The van der Waals surface area contributed by atoms with E-state index in [1.165, 1.54) is 5.56 Å². The van der Waals surface area contributed by atoms with Gasteiger partial charge in [0.2, 0.25) is 5.91 Å². The van der Waals surface area contributed by atoms with E-state index in [1.54, 1.807) is 11.0 Å². The van der Waals surface area contributed by atoms with Crippen molar-refractivity contribution < 1.29 is 4.79 Å². The van der Waals surface area contributed by atoms with Crippen LogP contribution < -0.4 is 10.6 Å². The molecule has 1 aliphatic heterocycles. The number of hydrogen-bond acceptors (Lipinski definition) is 4. The second-order valence-corrected chi connectivity index (χ2v) is 4.93. The van der Waals surface area contributed by atoms with Gasteiger partial charge in [0, 0.05) is 32.1 Å². The number of rotatable bonds is 4. The molecule has 1 atom stereocenters. The molecule has 0 spiro atoms. The summed E-state index contributed by atoms with van der Waals surface area (Å²) in [5.41, 5.74) is 2.25. The molecule has 2 heterocycles. The molecule has 0 saturated carbocycles. The lowest BCUT2D eigenvalue weighted by Crippen LogP contribution is -2.39. The Morgan fingerprint density at radius 1 is 1.50 bits per heavy atom. The fraction of sp³-hybridized carbons (Fsp3) is 0.357. The van der Waals surface area contributed by atoms with Gasteiger partial charge in [-0.1, -0.05) is 18.2 Å². The Bertz CT molecular complexity index is 597. The van der Waals surface area contributed by atoms with Crippen LogP contribution in [-0.2, 0) is 24.7 Å². The van der Waals surface area contributed by atoms with E-state index in [-0.39, 0.29) is 11.9 Å². The first kappa shape index (κ1) is 12.7. The summed E-state index contributed by atoms with van der Waals surface area (Å²) in [6, 6.07) is 7.84. The van der Waals surface area contributed by atoms with Crippen molar-refractivity contribution >= 4 is 11.6 Å². The third-order valence-corrected chi connectivity index (χ3v) is 3.38. The molecule has 0 saturated heterocycles. The Labute approximate surface area is 117 Å². The largest absolute Gasteiger partial charge is 0.373 e. The topological polar surface area (TPSA) is 71.8 Å². The average Bonchev–Trinajstić information content (AvgIpc) is 3.04. The summed E-state index contributed by atoms with van der Waals surface area (Å²) in [5.74, 6) is 0.771. The highest BCUT2D eigenvalue weighted by molar-refractivity contribution is 5.87. The molecule has 6 nitrogen and oxygen atoms in total. The molecular formula is C14H17N5O. The Balaban J connectivity index is 1.49. The standard InChI is InChI=1S/C14H17N5O/c1-19-9-16-13(18-19)6-7-15-14(20)12-8-10-4-2-3-5-11(10)17-12/h2-5,9,12,17H,6-8H2,1H3,(H,15,20). The van der Waals surface area contributed by atoms with E-state index >= 15 is 0 Å². The van der Waals surface area contributed by atoms with Gasteiger partial charge in [0.1, 0.15) is 12.4 Å². The normalized spacial score (nSPS) is 16.6. The van der Waals surface area contributed by atoms with Crippen LogP contribution in [0.4, 0.5) is 5.69 Å². The number of amides is 1. The first-order chi connectivity index (χ1) is 9.72. The van der Waals surface area contributed by atoms with Gasteiger partial charge in [-0.25, -0.2) is 4.98 Å². The van der Waals surface area contributed by atoms with Gasteiger partial charge in [-0.3, -0.25) is 9.48 Å². The van der Waals surface area contributed by atoms with E-state index in [0.717, 1.165) is 17.9 Å². The molecule has 0 bridgehead atoms. The van der Waals surface area contributed by atoms with Crippen molar-refractivity contribution in [3.05, 3.63) is 42.0 Å². The Morgan fingerprint density at radius 2 is 2.35 bits per heavy atom. The van der Waals surface area contributed by atoms with E-state index in [9.17, 15) is 4.79 Å². The zero-order valence-corrected chi connectivity index (χ0v) is 11.3. The highest BCUT2D eigenvalue weighted by Crippen LogP contribution is 2.24. The lowest BCUT2D eigenvalue weighted by atomic mass is 10.1. The summed E-state index contributed by atoms with van der Waals surface area (Å²) in [6.45, 7) is 0.553. The number of carbonyl (C=O) groups excluding carboxylic acids is 1. The number of aryl methyl sites for hydroxylation is 1.